The van der Waals surface area contributed by atoms with Crippen LogP contribution in [0.1, 0.15) is 18.9 Å². The molecule has 2 aromatic rings. The Morgan fingerprint density at radius 2 is 1.90 bits per heavy atom. The van der Waals surface area contributed by atoms with Gasteiger partial charge in [-0.2, -0.15) is 0 Å². The first kappa shape index (κ1) is 15.3. The number of para-hydroxylation sites is 1. The normalized spacial score (nSPS) is 11.1. The molecule has 2 rings (SSSR count). The summed E-state index contributed by atoms with van der Waals surface area (Å²) in [5.41, 5.74) is 1.44. The van der Waals surface area contributed by atoms with Crippen LogP contribution in [0.25, 0.3) is 0 Å². The van der Waals surface area contributed by atoms with Gasteiger partial charge in [0.25, 0.3) is 10.0 Å². The lowest BCUT2D eigenvalue weighted by molar-refractivity contribution is 0.601. The van der Waals surface area contributed by atoms with E-state index >= 15 is 0 Å². The monoisotopic (exact) mass is 305 g/mol. The van der Waals surface area contributed by atoms with Crippen molar-refractivity contribution in [2.75, 3.05) is 16.6 Å². The van der Waals surface area contributed by atoms with Crippen LogP contribution in [0.2, 0.25) is 0 Å². The summed E-state index contributed by atoms with van der Waals surface area (Å²) < 4.78 is 27.7. The number of nitrogens with one attached hydrogen (secondary N) is 2. The summed E-state index contributed by atoms with van der Waals surface area (Å²) in [6.07, 6.45) is 2.46. The summed E-state index contributed by atoms with van der Waals surface area (Å²) in [5, 5.41) is 3.04. The van der Waals surface area contributed by atoms with Crippen molar-refractivity contribution in [2.45, 2.75) is 25.2 Å². The van der Waals surface area contributed by atoms with Crippen LogP contribution in [0.15, 0.2) is 47.5 Å². The molecule has 0 aliphatic heterocycles. The van der Waals surface area contributed by atoms with E-state index in [2.05, 4.69) is 15.0 Å². The summed E-state index contributed by atoms with van der Waals surface area (Å²) in [6, 6.07) is 10.4. The van der Waals surface area contributed by atoms with E-state index in [1.54, 1.807) is 30.5 Å². The number of rotatable bonds is 6. The topological polar surface area (TPSA) is 71.1 Å². The number of aryl methyl sites for hydroxylation is 1. The van der Waals surface area contributed by atoms with E-state index < -0.39 is 10.0 Å². The average molecular weight is 305 g/mol. The van der Waals surface area contributed by atoms with Gasteiger partial charge < -0.3 is 5.32 Å². The average Bonchev–Trinajstić information content (AvgIpc) is 2.47. The third-order valence-electron chi connectivity index (χ3n) is 2.99. The molecule has 21 heavy (non-hydrogen) atoms. The van der Waals surface area contributed by atoms with Crippen molar-refractivity contribution in [2.24, 2.45) is 0 Å². The number of sulfonamides is 1. The second kappa shape index (κ2) is 6.58. The number of hydrogen-bond donors (Lipinski definition) is 2. The van der Waals surface area contributed by atoms with Gasteiger partial charge in [-0.25, -0.2) is 13.4 Å². The molecular formula is C15H19N3O2S. The number of anilines is 2. The van der Waals surface area contributed by atoms with E-state index in [1.807, 2.05) is 26.0 Å². The van der Waals surface area contributed by atoms with Gasteiger partial charge in [0, 0.05) is 12.7 Å². The quantitative estimate of drug-likeness (QED) is 0.860. The van der Waals surface area contributed by atoms with Crippen molar-refractivity contribution in [1.29, 1.82) is 0 Å². The third kappa shape index (κ3) is 3.72. The molecule has 0 unspecified atom stereocenters. The minimum atomic E-state index is -3.67. The molecule has 1 aromatic carbocycles. The second-order valence-electron chi connectivity index (χ2n) is 4.70. The van der Waals surface area contributed by atoms with Crippen LogP contribution in [0.4, 0.5) is 11.5 Å². The van der Waals surface area contributed by atoms with Crippen LogP contribution >= 0.6 is 0 Å². The smallest absolute Gasteiger partial charge is 0.265 e. The molecule has 0 bridgehead atoms. The highest BCUT2D eigenvalue weighted by Gasteiger charge is 2.19. The molecule has 0 aliphatic carbocycles. The molecule has 0 spiro atoms. The second-order valence-corrected chi connectivity index (χ2v) is 6.35. The lowest BCUT2D eigenvalue weighted by atomic mass is 10.2. The maximum atomic E-state index is 12.5. The molecular weight excluding hydrogens is 286 g/mol. The zero-order valence-corrected chi connectivity index (χ0v) is 12.9. The van der Waals surface area contributed by atoms with Crippen LogP contribution < -0.4 is 10.0 Å². The van der Waals surface area contributed by atoms with Gasteiger partial charge in [0.2, 0.25) is 0 Å². The van der Waals surface area contributed by atoms with E-state index in [4.69, 9.17) is 0 Å². The predicted molar refractivity (Wildman–Crippen MR) is 85.0 cm³/mol. The molecule has 0 saturated heterocycles. The number of benzene rings is 1. The van der Waals surface area contributed by atoms with Crippen LogP contribution in [0, 0.1) is 6.92 Å². The van der Waals surface area contributed by atoms with Gasteiger partial charge in [-0.1, -0.05) is 25.1 Å². The molecule has 0 radical (unpaired) electrons. The summed E-state index contributed by atoms with van der Waals surface area (Å²) >= 11 is 0. The number of hydrogen-bond acceptors (Lipinski definition) is 4. The Balaban J connectivity index is 2.34. The fourth-order valence-electron chi connectivity index (χ4n) is 1.87. The van der Waals surface area contributed by atoms with Gasteiger partial charge in [0.05, 0.1) is 5.69 Å². The van der Waals surface area contributed by atoms with Crippen molar-refractivity contribution in [3.05, 3.63) is 48.2 Å². The van der Waals surface area contributed by atoms with Gasteiger partial charge in [-0.05, 0) is 37.1 Å². The standard InChI is InChI=1S/C15H19N3O2S/c1-3-10-16-15-14(9-6-11-17-15)21(19,20)18-13-8-5-4-7-12(13)2/h4-9,11,18H,3,10H2,1-2H3,(H,16,17). The zero-order chi connectivity index (χ0) is 15.3. The molecule has 0 saturated carbocycles. The number of pyridine rings is 1. The Labute approximate surface area is 125 Å². The first-order valence-electron chi connectivity index (χ1n) is 6.82. The Bertz CT molecular complexity index is 714. The third-order valence-corrected chi connectivity index (χ3v) is 4.39. The molecule has 0 amide bonds. The van der Waals surface area contributed by atoms with Gasteiger partial charge in [-0.3, -0.25) is 4.72 Å². The van der Waals surface area contributed by atoms with Gasteiger partial charge in [0.15, 0.2) is 0 Å². The summed E-state index contributed by atoms with van der Waals surface area (Å²) in [7, 11) is -3.67. The van der Waals surface area contributed by atoms with Crippen molar-refractivity contribution >= 4 is 21.5 Å². The summed E-state index contributed by atoms with van der Waals surface area (Å²) in [4.78, 5) is 4.27. The van der Waals surface area contributed by atoms with Gasteiger partial charge >= 0.3 is 0 Å². The molecule has 0 fully saturated rings. The Hall–Kier alpha value is -2.08. The number of nitrogens with zero attached hydrogens (tertiary/aromatic N) is 1. The Kier molecular flexibility index (Phi) is 4.80. The van der Waals surface area contributed by atoms with Crippen molar-refractivity contribution in [1.82, 2.24) is 4.98 Å². The SMILES string of the molecule is CCCNc1ncccc1S(=O)(=O)Nc1ccccc1C. The first-order chi connectivity index (χ1) is 10.0. The van der Waals surface area contributed by atoms with E-state index in [0.717, 1.165) is 12.0 Å². The lowest BCUT2D eigenvalue weighted by Gasteiger charge is -2.13. The molecule has 6 heteroatoms. The number of aromatic nitrogens is 1. The Morgan fingerprint density at radius 1 is 1.14 bits per heavy atom. The minimum absolute atomic E-state index is 0.154. The zero-order valence-electron chi connectivity index (χ0n) is 12.1. The van der Waals surface area contributed by atoms with Crippen LogP contribution in [0.3, 0.4) is 0 Å². The maximum absolute atomic E-state index is 12.5. The highest BCUT2D eigenvalue weighted by molar-refractivity contribution is 7.92. The fourth-order valence-corrected chi connectivity index (χ4v) is 3.14. The van der Waals surface area contributed by atoms with Crippen LogP contribution in [-0.4, -0.2) is 19.9 Å². The van der Waals surface area contributed by atoms with Crippen molar-refractivity contribution < 1.29 is 8.42 Å². The molecule has 1 aromatic heterocycles. The predicted octanol–water partition coefficient (Wildman–Crippen LogP) is 3.01. The molecule has 5 nitrogen and oxygen atoms in total. The minimum Gasteiger partial charge on any atom is -0.369 e. The van der Waals surface area contributed by atoms with E-state index in [0.29, 0.717) is 18.1 Å². The fraction of sp³-hybridized carbons (Fsp3) is 0.267. The molecule has 1 heterocycles. The van der Waals surface area contributed by atoms with Gasteiger partial charge in [0.1, 0.15) is 10.7 Å². The first-order valence-corrected chi connectivity index (χ1v) is 8.30. The molecule has 0 aliphatic rings. The summed E-state index contributed by atoms with van der Waals surface area (Å²) in [6.45, 7) is 4.54. The van der Waals surface area contributed by atoms with E-state index in [-0.39, 0.29) is 4.90 Å². The van der Waals surface area contributed by atoms with E-state index in [9.17, 15) is 8.42 Å². The summed E-state index contributed by atoms with van der Waals surface area (Å²) in [5.74, 6) is 0.375. The molecule has 0 atom stereocenters. The van der Waals surface area contributed by atoms with Crippen LogP contribution in [-0.2, 0) is 10.0 Å². The van der Waals surface area contributed by atoms with E-state index in [1.165, 1.54) is 0 Å². The molecule has 112 valence electrons. The van der Waals surface area contributed by atoms with Crippen molar-refractivity contribution in [3.63, 3.8) is 0 Å². The van der Waals surface area contributed by atoms with Gasteiger partial charge in [-0.15, -0.1) is 0 Å². The lowest BCUT2D eigenvalue weighted by Crippen LogP contribution is -2.17. The maximum Gasteiger partial charge on any atom is 0.265 e. The largest absolute Gasteiger partial charge is 0.369 e. The highest BCUT2D eigenvalue weighted by atomic mass is 32.2. The highest BCUT2D eigenvalue weighted by Crippen LogP contribution is 2.23. The van der Waals surface area contributed by atoms with Crippen LogP contribution in [0.5, 0.6) is 0 Å². The Morgan fingerprint density at radius 3 is 2.62 bits per heavy atom. The van der Waals surface area contributed by atoms with Crippen molar-refractivity contribution in [3.8, 4) is 0 Å². The molecule has 2 N–H and O–H groups in total.